The zero-order valence-corrected chi connectivity index (χ0v) is 6.90. The number of hydrazone groups is 1. The van der Waals surface area contributed by atoms with Crippen LogP contribution in [0.15, 0.2) is 17.8 Å². The van der Waals surface area contributed by atoms with Crippen LogP contribution in [0, 0.1) is 5.41 Å². The highest BCUT2D eigenvalue weighted by molar-refractivity contribution is 9.18. The third-order valence-corrected chi connectivity index (χ3v) is 2.63. The Balaban J connectivity index is 2.82. The second-order valence-electron chi connectivity index (χ2n) is 2.36. The van der Waals surface area contributed by atoms with E-state index in [4.69, 9.17) is 0 Å². The molecular weight excluding hydrogens is 180 g/mol. The van der Waals surface area contributed by atoms with E-state index in [1.807, 2.05) is 6.08 Å². The van der Waals surface area contributed by atoms with Crippen molar-refractivity contribution in [2.45, 2.75) is 6.92 Å². The second kappa shape index (κ2) is 2.14. The molecule has 0 aromatic heterocycles. The zero-order chi connectivity index (χ0) is 6.91. The molecule has 0 unspecified atom stereocenters. The Morgan fingerprint density at radius 1 is 2.00 bits per heavy atom. The summed E-state index contributed by atoms with van der Waals surface area (Å²) in [4.78, 5) is 0. The minimum Gasteiger partial charge on any atom is -0.308 e. The van der Waals surface area contributed by atoms with Crippen molar-refractivity contribution in [1.82, 2.24) is 5.43 Å². The van der Waals surface area contributed by atoms with Gasteiger partial charge in [-0.3, -0.25) is 0 Å². The summed E-state index contributed by atoms with van der Waals surface area (Å²) in [6, 6.07) is 0. The van der Waals surface area contributed by atoms with Crippen LogP contribution in [-0.4, -0.2) is 11.2 Å². The van der Waals surface area contributed by atoms with Gasteiger partial charge in [-0.1, -0.05) is 6.08 Å². The van der Waals surface area contributed by atoms with E-state index in [0.717, 1.165) is 11.2 Å². The molecule has 0 saturated heterocycles. The molecule has 1 aliphatic heterocycles. The first-order valence-electron chi connectivity index (χ1n) is 2.79. The van der Waals surface area contributed by atoms with E-state index in [-0.39, 0.29) is 5.41 Å². The van der Waals surface area contributed by atoms with Crippen LogP contribution in [0.1, 0.15) is 6.92 Å². The first-order valence-corrected chi connectivity index (χ1v) is 3.58. The van der Waals surface area contributed by atoms with Crippen molar-refractivity contribution < 1.29 is 0 Å². The molecule has 1 heterocycles. The van der Waals surface area contributed by atoms with Gasteiger partial charge in [-0.25, -0.2) is 0 Å². The second-order valence-corrected chi connectivity index (χ2v) is 3.11. The molecule has 1 aliphatic rings. The van der Waals surface area contributed by atoms with E-state index in [9.17, 15) is 0 Å². The van der Waals surface area contributed by atoms with Gasteiger partial charge in [-0.2, -0.15) is 5.10 Å². The van der Waals surface area contributed by atoms with Gasteiger partial charge in [0.25, 0.3) is 0 Å². The fourth-order valence-electron chi connectivity index (χ4n) is 0.630. The zero-order valence-electron chi connectivity index (χ0n) is 5.32. The highest BCUT2D eigenvalue weighted by atomic mass is 79.9. The molecule has 0 bridgehead atoms. The molecule has 1 atom stereocenters. The summed E-state index contributed by atoms with van der Waals surface area (Å²) in [5, 5.41) is 3.97. The lowest BCUT2D eigenvalue weighted by Gasteiger charge is -2.14. The highest BCUT2D eigenvalue weighted by Crippen LogP contribution is 2.26. The molecule has 0 spiro atoms. The summed E-state index contributed by atoms with van der Waals surface area (Å²) in [5.74, 6) is 0. The predicted octanol–water partition coefficient (Wildman–Crippen LogP) is 1.49. The van der Waals surface area contributed by atoms with Crippen molar-refractivity contribution in [3.63, 3.8) is 0 Å². The van der Waals surface area contributed by atoms with Gasteiger partial charge < -0.3 is 5.43 Å². The maximum Gasteiger partial charge on any atom is 0.114 e. The fraction of sp³-hybridized carbons (Fsp3) is 0.500. The standard InChI is InChI=1S/C6H9BrN2/c1-3-6(2)4-8-9-5(6)7/h3,8H,1,4H2,2H3/t6-/m0/s1. The molecule has 0 aromatic rings. The Kier molecular flexibility index (Phi) is 1.62. The average molecular weight is 189 g/mol. The van der Waals surface area contributed by atoms with Gasteiger partial charge in [0, 0.05) is 6.54 Å². The molecule has 0 aliphatic carbocycles. The van der Waals surface area contributed by atoms with Crippen LogP contribution < -0.4 is 5.43 Å². The first kappa shape index (κ1) is 6.81. The van der Waals surface area contributed by atoms with Crippen LogP contribution in [0.5, 0.6) is 0 Å². The molecule has 0 fully saturated rings. The lowest BCUT2D eigenvalue weighted by atomic mass is 9.94. The van der Waals surface area contributed by atoms with Crippen molar-refractivity contribution in [3.05, 3.63) is 12.7 Å². The van der Waals surface area contributed by atoms with Gasteiger partial charge in [0.05, 0.1) is 5.41 Å². The number of nitrogens with zero attached hydrogens (tertiary/aromatic N) is 1. The lowest BCUT2D eigenvalue weighted by Crippen LogP contribution is -2.23. The molecule has 2 nitrogen and oxygen atoms in total. The van der Waals surface area contributed by atoms with E-state index in [0.29, 0.717) is 0 Å². The van der Waals surface area contributed by atoms with Gasteiger partial charge in [-0.15, -0.1) is 6.58 Å². The highest BCUT2D eigenvalue weighted by Gasteiger charge is 2.29. The third-order valence-electron chi connectivity index (χ3n) is 1.55. The smallest absolute Gasteiger partial charge is 0.114 e. The predicted molar refractivity (Wildman–Crippen MR) is 42.7 cm³/mol. The molecule has 0 saturated carbocycles. The van der Waals surface area contributed by atoms with Gasteiger partial charge >= 0.3 is 0 Å². The van der Waals surface area contributed by atoms with Crippen LogP contribution in [0.2, 0.25) is 0 Å². The number of hydrogen-bond acceptors (Lipinski definition) is 2. The van der Waals surface area contributed by atoms with Crippen molar-refractivity contribution in [2.24, 2.45) is 10.5 Å². The number of nitrogens with one attached hydrogen (secondary N) is 1. The fourth-order valence-corrected chi connectivity index (χ4v) is 1.06. The maximum atomic E-state index is 3.97. The van der Waals surface area contributed by atoms with E-state index in [1.54, 1.807) is 0 Å². The van der Waals surface area contributed by atoms with Gasteiger partial charge in [0.1, 0.15) is 4.62 Å². The van der Waals surface area contributed by atoms with Crippen molar-refractivity contribution in [3.8, 4) is 0 Å². The minimum atomic E-state index is 0.0139. The third kappa shape index (κ3) is 1.01. The van der Waals surface area contributed by atoms with E-state index < -0.39 is 0 Å². The molecule has 1 rings (SSSR count). The molecular formula is C6H9BrN2. The largest absolute Gasteiger partial charge is 0.308 e. The number of halogens is 1. The summed E-state index contributed by atoms with van der Waals surface area (Å²) in [6.45, 7) is 6.64. The summed E-state index contributed by atoms with van der Waals surface area (Å²) in [6.07, 6.45) is 1.89. The molecule has 9 heavy (non-hydrogen) atoms. The van der Waals surface area contributed by atoms with Crippen LogP contribution >= 0.6 is 15.9 Å². The van der Waals surface area contributed by atoms with Crippen LogP contribution in [-0.2, 0) is 0 Å². The van der Waals surface area contributed by atoms with Crippen LogP contribution in [0.25, 0.3) is 0 Å². The van der Waals surface area contributed by atoms with E-state index in [1.165, 1.54) is 0 Å². The normalized spacial score (nSPS) is 33.3. The number of hydrogen-bond donors (Lipinski definition) is 1. The minimum absolute atomic E-state index is 0.0139. The van der Waals surface area contributed by atoms with Crippen molar-refractivity contribution in [2.75, 3.05) is 6.54 Å². The van der Waals surface area contributed by atoms with Crippen molar-refractivity contribution in [1.29, 1.82) is 0 Å². The topological polar surface area (TPSA) is 24.4 Å². The number of rotatable bonds is 1. The molecule has 1 N–H and O–H groups in total. The van der Waals surface area contributed by atoms with Crippen molar-refractivity contribution >= 4 is 20.6 Å². The first-order chi connectivity index (χ1) is 4.19. The lowest BCUT2D eigenvalue weighted by molar-refractivity contribution is 0.590. The van der Waals surface area contributed by atoms with E-state index in [2.05, 4.69) is 40.0 Å². The Morgan fingerprint density at radius 3 is 2.89 bits per heavy atom. The Bertz CT molecular complexity index is 164. The molecule has 0 amide bonds. The van der Waals surface area contributed by atoms with Crippen LogP contribution in [0.4, 0.5) is 0 Å². The van der Waals surface area contributed by atoms with Crippen LogP contribution in [0.3, 0.4) is 0 Å². The van der Waals surface area contributed by atoms with Gasteiger partial charge in [-0.05, 0) is 22.9 Å². The molecule has 3 heteroatoms. The van der Waals surface area contributed by atoms with Gasteiger partial charge in [0.2, 0.25) is 0 Å². The molecule has 0 radical (unpaired) electrons. The summed E-state index contributed by atoms with van der Waals surface area (Å²) in [7, 11) is 0. The maximum absolute atomic E-state index is 3.97. The average Bonchev–Trinajstić information content (AvgIpc) is 2.15. The monoisotopic (exact) mass is 188 g/mol. The SMILES string of the molecule is C=C[C@@]1(C)CNN=C1Br. The summed E-state index contributed by atoms with van der Waals surface area (Å²) < 4.78 is 0.935. The van der Waals surface area contributed by atoms with Gasteiger partial charge in [0.15, 0.2) is 0 Å². The molecule has 50 valence electrons. The molecule has 0 aromatic carbocycles. The summed E-state index contributed by atoms with van der Waals surface area (Å²) >= 11 is 3.34. The Labute approximate surface area is 63.2 Å². The Hall–Kier alpha value is -0.310. The summed E-state index contributed by atoms with van der Waals surface area (Å²) in [5.41, 5.74) is 2.90. The van der Waals surface area contributed by atoms with E-state index >= 15 is 0 Å². The Morgan fingerprint density at radius 2 is 2.67 bits per heavy atom. The quantitative estimate of drug-likeness (QED) is 0.621.